The molecule has 0 spiro atoms. The Bertz CT molecular complexity index is 474. The van der Waals surface area contributed by atoms with Crippen molar-refractivity contribution < 1.29 is 0 Å². The molecule has 0 fully saturated rings. The van der Waals surface area contributed by atoms with E-state index in [0.29, 0.717) is 12.6 Å². The molecule has 1 aromatic heterocycles. The molecule has 1 unspecified atom stereocenters. The summed E-state index contributed by atoms with van der Waals surface area (Å²) in [6.45, 7) is 12.8. The number of aliphatic imine (C=N–C) groups is 1. The Morgan fingerprint density at radius 1 is 1.29 bits per heavy atom. The molecule has 5 nitrogen and oxygen atoms in total. The average Bonchev–Trinajstić information content (AvgIpc) is 2.55. The predicted octanol–water partition coefficient (Wildman–Crippen LogP) is 3.18. The zero-order valence-electron chi connectivity index (χ0n) is 15.8. The highest BCUT2D eigenvalue weighted by Gasteiger charge is 2.07. The molecule has 1 heterocycles. The topological polar surface area (TPSA) is 52.5 Å². The van der Waals surface area contributed by atoms with Crippen molar-refractivity contribution in [1.82, 2.24) is 20.5 Å². The lowest BCUT2D eigenvalue weighted by atomic mass is 10.2. The molecule has 0 aliphatic rings. The van der Waals surface area contributed by atoms with Gasteiger partial charge in [0.05, 0.1) is 12.2 Å². The largest absolute Gasteiger partial charge is 0.354 e. The van der Waals surface area contributed by atoms with Gasteiger partial charge in [0, 0.05) is 18.8 Å². The molecule has 0 saturated heterocycles. The van der Waals surface area contributed by atoms with Gasteiger partial charge in [-0.05, 0) is 58.5 Å². The fraction of sp³-hybridized carbons (Fsp3) is 0.667. The van der Waals surface area contributed by atoms with Gasteiger partial charge in [-0.1, -0.05) is 19.9 Å². The summed E-state index contributed by atoms with van der Waals surface area (Å²) in [5, 5.41) is 6.79. The Morgan fingerprint density at radius 2 is 2.00 bits per heavy atom. The average molecular weight is 447 g/mol. The van der Waals surface area contributed by atoms with Crippen LogP contribution < -0.4 is 10.6 Å². The Hall–Kier alpha value is -0.890. The zero-order chi connectivity index (χ0) is 17.1. The van der Waals surface area contributed by atoms with Crippen LogP contribution in [-0.4, -0.2) is 48.6 Å². The first-order valence-electron chi connectivity index (χ1n) is 8.71. The molecule has 1 rings (SSSR count). The van der Waals surface area contributed by atoms with Crippen LogP contribution in [-0.2, 0) is 6.54 Å². The van der Waals surface area contributed by atoms with Crippen LogP contribution >= 0.6 is 24.0 Å². The maximum atomic E-state index is 4.50. The number of halogens is 1. The molecule has 24 heavy (non-hydrogen) atoms. The summed E-state index contributed by atoms with van der Waals surface area (Å²) in [7, 11) is 1.81. The van der Waals surface area contributed by atoms with Crippen LogP contribution in [0.1, 0.15) is 45.0 Å². The standard InChI is InChI=1S/C18H33N5.HI/c1-6-23(7-2)13-9-11-16(4)22-18(19-5)20-14-17-12-8-10-15(3)21-17;/h8,10,12,16H,6-7,9,11,13-14H2,1-5H3,(H2,19,20,22);1H. The molecule has 0 bridgehead atoms. The fourth-order valence-corrected chi connectivity index (χ4v) is 2.53. The summed E-state index contributed by atoms with van der Waals surface area (Å²) in [6, 6.07) is 6.47. The van der Waals surface area contributed by atoms with E-state index in [4.69, 9.17) is 0 Å². The molecule has 1 atom stereocenters. The summed E-state index contributed by atoms with van der Waals surface area (Å²) >= 11 is 0. The SMILES string of the molecule is CCN(CC)CCCC(C)NC(=NC)NCc1cccc(C)n1.I. The van der Waals surface area contributed by atoms with E-state index >= 15 is 0 Å². The summed E-state index contributed by atoms with van der Waals surface area (Å²) in [5.74, 6) is 0.837. The number of rotatable bonds is 9. The van der Waals surface area contributed by atoms with E-state index in [1.807, 2.05) is 32.2 Å². The van der Waals surface area contributed by atoms with Crippen LogP contribution in [0.5, 0.6) is 0 Å². The van der Waals surface area contributed by atoms with Gasteiger partial charge in [-0.2, -0.15) is 0 Å². The van der Waals surface area contributed by atoms with Crippen molar-refractivity contribution in [3.63, 3.8) is 0 Å². The Balaban J connectivity index is 0.00000529. The number of guanidine groups is 1. The van der Waals surface area contributed by atoms with E-state index in [1.165, 1.54) is 6.42 Å². The number of nitrogens with one attached hydrogen (secondary N) is 2. The molecule has 138 valence electrons. The van der Waals surface area contributed by atoms with Gasteiger partial charge in [-0.25, -0.2) is 0 Å². The van der Waals surface area contributed by atoms with Crippen molar-refractivity contribution in [2.24, 2.45) is 4.99 Å². The third-order valence-corrected chi connectivity index (χ3v) is 4.00. The van der Waals surface area contributed by atoms with Crippen molar-refractivity contribution in [3.05, 3.63) is 29.6 Å². The molecular weight excluding hydrogens is 413 g/mol. The summed E-state index contributed by atoms with van der Waals surface area (Å²) in [4.78, 5) is 11.3. The lowest BCUT2D eigenvalue weighted by Crippen LogP contribution is -2.42. The highest BCUT2D eigenvalue weighted by molar-refractivity contribution is 14.0. The molecule has 0 aromatic carbocycles. The van der Waals surface area contributed by atoms with Crippen molar-refractivity contribution in [2.45, 2.75) is 53.1 Å². The van der Waals surface area contributed by atoms with Gasteiger partial charge >= 0.3 is 0 Å². The van der Waals surface area contributed by atoms with Gasteiger partial charge in [0.2, 0.25) is 0 Å². The molecule has 2 N–H and O–H groups in total. The molecule has 0 amide bonds. The smallest absolute Gasteiger partial charge is 0.191 e. The fourth-order valence-electron chi connectivity index (χ4n) is 2.53. The molecular formula is C18H34IN5. The second kappa shape index (κ2) is 13.4. The maximum Gasteiger partial charge on any atom is 0.191 e. The van der Waals surface area contributed by atoms with Crippen LogP contribution in [0.2, 0.25) is 0 Å². The predicted molar refractivity (Wildman–Crippen MR) is 114 cm³/mol. The number of hydrogen-bond acceptors (Lipinski definition) is 3. The lowest BCUT2D eigenvalue weighted by Gasteiger charge is -2.21. The highest BCUT2D eigenvalue weighted by Crippen LogP contribution is 2.00. The van der Waals surface area contributed by atoms with Gasteiger partial charge in [0.15, 0.2) is 5.96 Å². The number of hydrogen-bond donors (Lipinski definition) is 2. The Kier molecular flexibility index (Phi) is 12.9. The van der Waals surface area contributed by atoms with Crippen molar-refractivity contribution in [2.75, 3.05) is 26.7 Å². The van der Waals surface area contributed by atoms with Crippen molar-refractivity contribution >= 4 is 29.9 Å². The second-order valence-electron chi connectivity index (χ2n) is 5.91. The number of aromatic nitrogens is 1. The molecule has 0 aliphatic heterocycles. The first-order valence-corrected chi connectivity index (χ1v) is 8.71. The van der Waals surface area contributed by atoms with Crippen LogP contribution in [0.15, 0.2) is 23.2 Å². The van der Waals surface area contributed by atoms with Gasteiger partial charge < -0.3 is 15.5 Å². The van der Waals surface area contributed by atoms with Gasteiger partial charge in [0.1, 0.15) is 0 Å². The summed E-state index contributed by atoms with van der Waals surface area (Å²) < 4.78 is 0. The highest BCUT2D eigenvalue weighted by atomic mass is 127. The normalized spacial score (nSPS) is 12.7. The first kappa shape index (κ1) is 23.1. The Labute approximate surface area is 164 Å². The monoisotopic (exact) mass is 447 g/mol. The summed E-state index contributed by atoms with van der Waals surface area (Å²) in [6.07, 6.45) is 2.34. The minimum Gasteiger partial charge on any atom is -0.354 e. The zero-order valence-corrected chi connectivity index (χ0v) is 18.1. The molecule has 1 aromatic rings. The second-order valence-corrected chi connectivity index (χ2v) is 5.91. The Morgan fingerprint density at radius 3 is 2.58 bits per heavy atom. The van der Waals surface area contributed by atoms with Gasteiger partial charge in [-0.3, -0.25) is 9.98 Å². The number of nitrogens with zero attached hydrogens (tertiary/aromatic N) is 3. The van der Waals surface area contributed by atoms with E-state index in [9.17, 15) is 0 Å². The van der Waals surface area contributed by atoms with Crippen LogP contribution in [0, 0.1) is 6.92 Å². The summed E-state index contributed by atoms with van der Waals surface area (Å²) in [5.41, 5.74) is 2.07. The third-order valence-electron chi connectivity index (χ3n) is 4.00. The number of pyridine rings is 1. The maximum absolute atomic E-state index is 4.50. The lowest BCUT2D eigenvalue weighted by molar-refractivity contribution is 0.292. The first-order chi connectivity index (χ1) is 11.1. The molecule has 6 heteroatoms. The number of aryl methyl sites for hydroxylation is 1. The van der Waals surface area contributed by atoms with Gasteiger partial charge in [0.25, 0.3) is 0 Å². The van der Waals surface area contributed by atoms with Crippen LogP contribution in [0.25, 0.3) is 0 Å². The molecule has 0 radical (unpaired) electrons. The van der Waals surface area contributed by atoms with Crippen LogP contribution in [0.3, 0.4) is 0 Å². The molecule has 0 aliphatic carbocycles. The third kappa shape index (κ3) is 9.42. The van der Waals surface area contributed by atoms with Crippen molar-refractivity contribution in [3.8, 4) is 0 Å². The van der Waals surface area contributed by atoms with E-state index in [-0.39, 0.29) is 24.0 Å². The van der Waals surface area contributed by atoms with E-state index in [0.717, 1.165) is 43.4 Å². The van der Waals surface area contributed by atoms with Gasteiger partial charge in [-0.15, -0.1) is 24.0 Å². The molecule has 0 saturated carbocycles. The van der Waals surface area contributed by atoms with E-state index in [2.05, 4.69) is 46.3 Å². The van der Waals surface area contributed by atoms with E-state index < -0.39 is 0 Å². The quantitative estimate of drug-likeness (QED) is 0.347. The van der Waals surface area contributed by atoms with Crippen LogP contribution in [0.4, 0.5) is 0 Å². The minimum absolute atomic E-state index is 0. The van der Waals surface area contributed by atoms with E-state index in [1.54, 1.807) is 0 Å². The minimum atomic E-state index is 0. The van der Waals surface area contributed by atoms with Crippen molar-refractivity contribution in [1.29, 1.82) is 0 Å².